The van der Waals surface area contributed by atoms with Crippen LogP contribution in [0.25, 0.3) is 0 Å². The quantitative estimate of drug-likeness (QED) is 0.291. The molecule has 0 radical (unpaired) electrons. The summed E-state index contributed by atoms with van der Waals surface area (Å²) in [6, 6.07) is 6.30. The van der Waals surface area contributed by atoms with Gasteiger partial charge in [0.1, 0.15) is 30.1 Å². The molecule has 1 aromatic rings. The second kappa shape index (κ2) is 7.42. The third kappa shape index (κ3) is 4.30. The summed E-state index contributed by atoms with van der Waals surface area (Å²) in [5, 5.41) is 19.9. The van der Waals surface area contributed by atoms with Crippen molar-refractivity contribution in [1.82, 2.24) is 0 Å². The number of benzene rings is 1. The molecule has 1 saturated carbocycles. The Morgan fingerprint density at radius 1 is 1.44 bits per heavy atom. The van der Waals surface area contributed by atoms with Crippen LogP contribution in [0.15, 0.2) is 47.9 Å². The lowest BCUT2D eigenvalue weighted by Gasteiger charge is -2.16. The average Bonchev–Trinajstić information content (AvgIpc) is 3.23. The first-order valence-corrected chi connectivity index (χ1v) is 9.00. The molecule has 1 fully saturated rings. The molecule has 0 aromatic heterocycles. The maximum Gasteiger partial charge on any atom is 0.311 e. The molecule has 0 spiro atoms. The van der Waals surface area contributed by atoms with Crippen molar-refractivity contribution < 1.29 is 24.3 Å². The highest BCUT2D eigenvalue weighted by Gasteiger charge is 2.56. The van der Waals surface area contributed by atoms with Crippen LogP contribution >= 0.6 is 22.6 Å². The summed E-state index contributed by atoms with van der Waals surface area (Å²) < 4.78 is 11.5. The summed E-state index contributed by atoms with van der Waals surface area (Å²) in [7, 11) is 0. The maximum absolute atomic E-state index is 11.0. The van der Waals surface area contributed by atoms with Gasteiger partial charge in [-0.15, -0.1) is 0 Å². The smallest absolute Gasteiger partial charge is 0.311 e. The molecule has 8 heteroatoms. The van der Waals surface area contributed by atoms with Crippen molar-refractivity contribution in [2.75, 3.05) is 0 Å². The molecule has 3 atom stereocenters. The molecule has 7 nitrogen and oxygen atoms in total. The minimum absolute atomic E-state index is 0.0175. The summed E-state index contributed by atoms with van der Waals surface area (Å²) in [5.74, 6) is 0.0531. The van der Waals surface area contributed by atoms with Crippen LogP contribution in [-0.4, -0.2) is 26.0 Å². The zero-order valence-corrected chi connectivity index (χ0v) is 15.3. The highest BCUT2D eigenvalue weighted by Crippen LogP contribution is 2.43. The number of hydrogen-bond acceptors (Lipinski definition) is 5. The monoisotopic (exact) mass is 457 g/mol. The third-order valence-electron chi connectivity index (χ3n) is 4.01. The number of aliphatic carboxylic acids is 1. The number of non-ortho nitro benzene ring substituents is 1. The summed E-state index contributed by atoms with van der Waals surface area (Å²) in [5.41, 5.74) is 0.733. The Morgan fingerprint density at radius 2 is 2.24 bits per heavy atom. The van der Waals surface area contributed by atoms with Crippen molar-refractivity contribution in [3.05, 3.63) is 63.6 Å². The van der Waals surface area contributed by atoms with Crippen molar-refractivity contribution in [3.8, 4) is 0 Å². The maximum atomic E-state index is 11.0. The van der Waals surface area contributed by atoms with E-state index in [0.717, 1.165) is 6.42 Å². The molecule has 1 N–H and O–H groups in total. The fourth-order valence-electron chi connectivity index (χ4n) is 2.60. The van der Waals surface area contributed by atoms with Gasteiger partial charge in [-0.3, -0.25) is 14.9 Å². The fourth-order valence-corrected chi connectivity index (χ4v) is 3.68. The number of allylic oxidation sites excluding steroid dienone is 3. The minimum Gasteiger partial charge on any atom is -0.493 e. The Balaban J connectivity index is 1.57. The standard InChI is InChI=1S/C17H16INO6/c18-15-14(17(20)21)16(15)25-13-6-2-5-12(8-13)24-9-10-3-1-4-11(7-10)19(22)23/h1,3-5,7-8,14-16H,2,6,9H2,(H,20,21)/t14-,15-,16+/m1/s1. The van der Waals surface area contributed by atoms with Gasteiger partial charge >= 0.3 is 5.97 Å². The van der Waals surface area contributed by atoms with Gasteiger partial charge in [-0.1, -0.05) is 34.7 Å². The van der Waals surface area contributed by atoms with E-state index in [-0.39, 0.29) is 22.3 Å². The van der Waals surface area contributed by atoms with Gasteiger partial charge in [0.05, 0.1) is 8.85 Å². The fraction of sp³-hybridized carbons (Fsp3) is 0.353. The van der Waals surface area contributed by atoms with E-state index in [0.29, 0.717) is 23.5 Å². The molecule has 0 heterocycles. The molecule has 0 bridgehead atoms. The molecule has 0 unspecified atom stereocenters. The van der Waals surface area contributed by atoms with E-state index < -0.39 is 16.8 Å². The highest BCUT2D eigenvalue weighted by atomic mass is 127. The van der Waals surface area contributed by atoms with Crippen LogP contribution in [0.5, 0.6) is 0 Å². The van der Waals surface area contributed by atoms with Gasteiger partial charge in [0, 0.05) is 24.6 Å². The van der Waals surface area contributed by atoms with Gasteiger partial charge in [0.2, 0.25) is 0 Å². The number of nitro benzene ring substituents is 1. The zero-order chi connectivity index (χ0) is 18.0. The van der Waals surface area contributed by atoms with E-state index in [2.05, 4.69) is 22.6 Å². The second-order valence-corrected chi connectivity index (χ2v) is 7.30. The van der Waals surface area contributed by atoms with Crippen LogP contribution in [0.3, 0.4) is 0 Å². The van der Waals surface area contributed by atoms with E-state index in [1.807, 2.05) is 6.08 Å². The highest BCUT2D eigenvalue weighted by molar-refractivity contribution is 14.1. The van der Waals surface area contributed by atoms with Crippen LogP contribution in [0, 0.1) is 16.0 Å². The molecule has 3 rings (SSSR count). The first kappa shape index (κ1) is 17.7. The predicted octanol–water partition coefficient (Wildman–Crippen LogP) is 3.58. The first-order chi connectivity index (χ1) is 12.0. The Bertz CT molecular complexity index is 759. The Labute approximate surface area is 157 Å². The molecule has 2 aliphatic rings. The SMILES string of the molecule is O=C(O)[C@@H]1[C@@H](I)[C@H]1OC1=CC(OCc2cccc([N+](=O)[O-])c2)=CCC1. The second-order valence-electron chi connectivity index (χ2n) is 5.86. The summed E-state index contributed by atoms with van der Waals surface area (Å²) in [4.78, 5) is 21.4. The van der Waals surface area contributed by atoms with E-state index in [1.165, 1.54) is 12.1 Å². The molecular weight excluding hydrogens is 441 g/mol. The van der Waals surface area contributed by atoms with Crippen molar-refractivity contribution >= 4 is 34.2 Å². The average molecular weight is 457 g/mol. The first-order valence-electron chi connectivity index (χ1n) is 7.76. The van der Waals surface area contributed by atoms with E-state index in [4.69, 9.17) is 14.6 Å². The Kier molecular flexibility index (Phi) is 5.26. The van der Waals surface area contributed by atoms with Gasteiger partial charge in [-0.25, -0.2) is 0 Å². The van der Waals surface area contributed by atoms with Crippen LogP contribution in [0.4, 0.5) is 5.69 Å². The number of carboxylic acids is 1. The lowest BCUT2D eigenvalue weighted by Crippen LogP contribution is -2.07. The number of ether oxygens (including phenoxy) is 2. The molecular formula is C17H16INO6. The van der Waals surface area contributed by atoms with Gasteiger partial charge in [-0.2, -0.15) is 0 Å². The Morgan fingerprint density at radius 3 is 2.92 bits per heavy atom. The number of hydrogen-bond donors (Lipinski definition) is 1. The molecule has 0 amide bonds. The Hall–Kier alpha value is -2.10. The number of nitro groups is 1. The van der Waals surface area contributed by atoms with Gasteiger partial charge in [-0.05, 0) is 18.1 Å². The van der Waals surface area contributed by atoms with E-state index >= 15 is 0 Å². The normalized spacial score (nSPS) is 24.8. The summed E-state index contributed by atoms with van der Waals surface area (Å²) in [6.07, 6.45) is 4.84. The number of halogens is 1. The van der Waals surface area contributed by atoms with Crippen molar-refractivity contribution in [3.63, 3.8) is 0 Å². The number of rotatable bonds is 7. The van der Waals surface area contributed by atoms with Gasteiger partial charge in [0.15, 0.2) is 0 Å². The largest absolute Gasteiger partial charge is 0.493 e. The molecule has 2 aliphatic carbocycles. The summed E-state index contributed by atoms with van der Waals surface area (Å²) in [6.45, 7) is 0.216. The van der Waals surface area contributed by atoms with E-state index in [9.17, 15) is 14.9 Å². The van der Waals surface area contributed by atoms with E-state index in [1.54, 1.807) is 18.2 Å². The van der Waals surface area contributed by atoms with Crippen LogP contribution in [-0.2, 0) is 20.9 Å². The van der Waals surface area contributed by atoms with Crippen molar-refractivity contribution in [2.24, 2.45) is 5.92 Å². The molecule has 0 aliphatic heterocycles. The number of nitrogens with zero attached hydrogens (tertiary/aromatic N) is 1. The minimum atomic E-state index is -0.835. The lowest BCUT2D eigenvalue weighted by atomic mass is 10.1. The third-order valence-corrected chi connectivity index (χ3v) is 5.49. The lowest BCUT2D eigenvalue weighted by molar-refractivity contribution is -0.384. The number of carboxylic acid groups (broad SMARTS) is 1. The molecule has 25 heavy (non-hydrogen) atoms. The molecule has 0 saturated heterocycles. The summed E-state index contributed by atoms with van der Waals surface area (Å²) >= 11 is 2.09. The van der Waals surface area contributed by atoms with Crippen LogP contribution < -0.4 is 0 Å². The number of carbonyl (C=O) groups is 1. The number of alkyl halides is 1. The van der Waals surface area contributed by atoms with Gasteiger partial charge < -0.3 is 14.6 Å². The van der Waals surface area contributed by atoms with Gasteiger partial charge in [0.25, 0.3) is 5.69 Å². The van der Waals surface area contributed by atoms with Crippen molar-refractivity contribution in [2.45, 2.75) is 29.5 Å². The predicted molar refractivity (Wildman–Crippen MR) is 97.1 cm³/mol. The topological polar surface area (TPSA) is 98.9 Å². The zero-order valence-electron chi connectivity index (χ0n) is 13.1. The van der Waals surface area contributed by atoms with Crippen molar-refractivity contribution in [1.29, 1.82) is 0 Å². The molecule has 132 valence electrons. The molecule has 1 aromatic carbocycles. The van der Waals surface area contributed by atoms with Crippen LogP contribution in [0.2, 0.25) is 0 Å². The van der Waals surface area contributed by atoms with Crippen LogP contribution in [0.1, 0.15) is 18.4 Å².